The number of aryl methyl sites for hydroxylation is 1. The molecule has 3 aromatic rings. The Morgan fingerprint density at radius 2 is 1.50 bits per heavy atom. The lowest BCUT2D eigenvalue weighted by molar-refractivity contribution is 0.107. The fourth-order valence-corrected chi connectivity index (χ4v) is 10.1. The van der Waals surface area contributed by atoms with E-state index >= 15 is 0 Å². The molecule has 0 saturated heterocycles. The van der Waals surface area contributed by atoms with E-state index in [9.17, 15) is 0 Å². The molecule has 2 atom stereocenters. The molecule has 0 amide bonds. The van der Waals surface area contributed by atoms with Crippen LogP contribution in [-0.2, 0) is 4.43 Å². The van der Waals surface area contributed by atoms with Gasteiger partial charge in [-0.05, 0) is 60.0 Å². The fourth-order valence-electron chi connectivity index (χ4n) is 5.51. The van der Waals surface area contributed by atoms with Crippen LogP contribution in [0.15, 0.2) is 78.9 Å². The molecular weight excluding hydrogens is 434 g/mol. The molecule has 4 rings (SSSR count). The monoisotopic (exact) mass is 473 g/mol. The Labute approximate surface area is 206 Å². The van der Waals surface area contributed by atoms with Crippen LogP contribution in [0.3, 0.4) is 0 Å². The molecule has 0 N–H and O–H groups in total. The molecular formula is C30H39NO2Si. The van der Waals surface area contributed by atoms with Gasteiger partial charge < -0.3 is 9.16 Å². The van der Waals surface area contributed by atoms with Gasteiger partial charge in [0.2, 0.25) is 5.88 Å². The van der Waals surface area contributed by atoms with E-state index in [2.05, 4.69) is 86.4 Å². The average molecular weight is 474 g/mol. The Morgan fingerprint density at radius 3 is 2.09 bits per heavy atom. The van der Waals surface area contributed by atoms with E-state index in [0.717, 1.165) is 37.4 Å². The minimum absolute atomic E-state index is 0.0186. The molecule has 0 spiro atoms. The van der Waals surface area contributed by atoms with E-state index in [0.29, 0.717) is 5.92 Å². The van der Waals surface area contributed by atoms with Crippen molar-refractivity contribution in [1.29, 1.82) is 0 Å². The minimum atomic E-state index is -2.46. The summed E-state index contributed by atoms with van der Waals surface area (Å²) in [6, 6.07) is 27.9. The predicted molar refractivity (Wildman–Crippen MR) is 144 cm³/mol. The third-order valence-electron chi connectivity index (χ3n) is 7.15. The van der Waals surface area contributed by atoms with Gasteiger partial charge in [0, 0.05) is 18.4 Å². The standard InChI is InChI=1S/C30H39NO2Si/c1-24-13-11-20-29(31-24)33-26-15-12-14-25(23-26)21-22-32-34(30(2,3)4,27-16-7-5-8-17-27)28-18-9-6-10-19-28/h5-11,13,16-20,25-26H,12,14-15,21-23H2,1-4H3/t25-,26-/m1/s1. The van der Waals surface area contributed by atoms with Gasteiger partial charge in [-0.3, -0.25) is 0 Å². The lowest BCUT2D eigenvalue weighted by Gasteiger charge is -2.43. The Balaban J connectivity index is 1.48. The largest absolute Gasteiger partial charge is 0.474 e. The Hall–Kier alpha value is -2.43. The maximum Gasteiger partial charge on any atom is 0.261 e. The van der Waals surface area contributed by atoms with E-state index in [4.69, 9.17) is 9.16 Å². The molecule has 1 heterocycles. The van der Waals surface area contributed by atoms with Crippen LogP contribution in [0.25, 0.3) is 0 Å². The fraction of sp³-hybridized carbons (Fsp3) is 0.433. The highest BCUT2D eigenvalue weighted by Crippen LogP contribution is 2.37. The van der Waals surface area contributed by atoms with Crippen molar-refractivity contribution < 1.29 is 9.16 Å². The molecule has 2 aromatic carbocycles. The molecule has 1 aliphatic rings. The van der Waals surface area contributed by atoms with E-state index in [1.54, 1.807) is 0 Å². The van der Waals surface area contributed by atoms with E-state index in [-0.39, 0.29) is 11.1 Å². The molecule has 1 aliphatic carbocycles. The van der Waals surface area contributed by atoms with Crippen molar-refractivity contribution in [3.05, 3.63) is 84.6 Å². The summed E-state index contributed by atoms with van der Waals surface area (Å²) in [5.41, 5.74) is 1.00. The lowest BCUT2D eigenvalue weighted by atomic mass is 9.85. The van der Waals surface area contributed by atoms with Crippen molar-refractivity contribution >= 4 is 18.7 Å². The van der Waals surface area contributed by atoms with Crippen molar-refractivity contribution in [1.82, 2.24) is 4.98 Å². The van der Waals surface area contributed by atoms with Gasteiger partial charge in [-0.2, -0.15) is 0 Å². The molecule has 0 radical (unpaired) electrons. The molecule has 180 valence electrons. The number of benzene rings is 2. The molecule has 0 aliphatic heterocycles. The Morgan fingerprint density at radius 1 is 0.853 bits per heavy atom. The first kappa shape index (κ1) is 24.7. The van der Waals surface area contributed by atoms with Crippen molar-refractivity contribution in [2.45, 2.75) is 70.9 Å². The first-order valence-electron chi connectivity index (χ1n) is 12.7. The van der Waals surface area contributed by atoms with E-state index in [1.807, 2.05) is 25.1 Å². The van der Waals surface area contributed by atoms with Gasteiger partial charge in [0.15, 0.2) is 0 Å². The Kier molecular flexibility index (Phi) is 7.90. The molecule has 0 bridgehead atoms. The van der Waals surface area contributed by atoms with Gasteiger partial charge in [-0.15, -0.1) is 0 Å². The van der Waals surface area contributed by atoms with Gasteiger partial charge in [-0.1, -0.05) is 93.9 Å². The molecule has 0 unspecified atom stereocenters. The van der Waals surface area contributed by atoms with E-state index in [1.165, 1.54) is 23.2 Å². The summed E-state index contributed by atoms with van der Waals surface area (Å²) in [7, 11) is -2.46. The third kappa shape index (κ3) is 5.61. The smallest absolute Gasteiger partial charge is 0.261 e. The second-order valence-corrected chi connectivity index (χ2v) is 15.0. The van der Waals surface area contributed by atoms with Crippen molar-refractivity contribution in [3.63, 3.8) is 0 Å². The number of pyridine rings is 1. The van der Waals surface area contributed by atoms with Gasteiger partial charge in [0.25, 0.3) is 8.32 Å². The van der Waals surface area contributed by atoms with Crippen LogP contribution in [0.2, 0.25) is 5.04 Å². The van der Waals surface area contributed by atoms with Gasteiger partial charge in [0.1, 0.15) is 6.10 Å². The van der Waals surface area contributed by atoms with Gasteiger partial charge >= 0.3 is 0 Å². The Bertz CT molecular complexity index is 993. The maximum atomic E-state index is 7.12. The van der Waals surface area contributed by atoms with Crippen LogP contribution in [0, 0.1) is 12.8 Å². The number of ether oxygens (including phenoxy) is 1. The minimum Gasteiger partial charge on any atom is -0.474 e. The zero-order valence-corrected chi connectivity index (χ0v) is 22.2. The predicted octanol–water partition coefficient (Wildman–Crippen LogP) is 6.29. The van der Waals surface area contributed by atoms with Crippen LogP contribution in [0.1, 0.15) is 58.6 Å². The third-order valence-corrected chi connectivity index (χ3v) is 12.2. The quantitative estimate of drug-likeness (QED) is 0.360. The maximum absolute atomic E-state index is 7.12. The number of hydrogen-bond acceptors (Lipinski definition) is 3. The van der Waals surface area contributed by atoms with E-state index < -0.39 is 8.32 Å². The molecule has 3 nitrogen and oxygen atoms in total. The normalized spacial score (nSPS) is 19.1. The summed E-state index contributed by atoms with van der Waals surface area (Å²) >= 11 is 0. The van der Waals surface area contributed by atoms with Gasteiger partial charge in [0.05, 0.1) is 0 Å². The van der Waals surface area contributed by atoms with Crippen LogP contribution in [0.4, 0.5) is 0 Å². The summed E-state index contributed by atoms with van der Waals surface area (Å²) in [6.07, 6.45) is 5.99. The molecule has 34 heavy (non-hydrogen) atoms. The summed E-state index contributed by atoms with van der Waals surface area (Å²) in [5, 5.41) is 2.72. The summed E-state index contributed by atoms with van der Waals surface area (Å²) < 4.78 is 13.4. The number of hydrogen-bond donors (Lipinski definition) is 0. The average Bonchev–Trinajstić information content (AvgIpc) is 2.82. The number of rotatable bonds is 8. The lowest BCUT2D eigenvalue weighted by Crippen LogP contribution is -2.66. The van der Waals surface area contributed by atoms with Gasteiger partial charge in [-0.25, -0.2) is 4.98 Å². The topological polar surface area (TPSA) is 31.4 Å². The SMILES string of the molecule is Cc1cccc(O[C@@H]2CCC[C@H](CCO[Si](c3ccccc3)(c3ccccc3)C(C)(C)C)C2)n1. The number of aromatic nitrogens is 1. The summed E-state index contributed by atoms with van der Waals surface area (Å²) in [4.78, 5) is 4.54. The van der Waals surface area contributed by atoms with Crippen LogP contribution < -0.4 is 15.1 Å². The molecule has 1 fully saturated rings. The zero-order valence-electron chi connectivity index (χ0n) is 21.2. The molecule has 4 heteroatoms. The van der Waals surface area contributed by atoms with Crippen molar-refractivity contribution in [3.8, 4) is 5.88 Å². The van der Waals surface area contributed by atoms with Crippen molar-refractivity contribution in [2.24, 2.45) is 5.92 Å². The molecule has 1 saturated carbocycles. The number of nitrogens with zero attached hydrogens (tertiary/aromatic N) is 1. The first-order chi connectivity index (χ1) is 16.4. The highest BCUT2D eigenvalue weighted by Gasteiger charge is 2.50. The van der Waals surface area contributed by atoms with Crippen LogP contribution >= 0.6 is 0 Å². The summed E-state index contributed by atoms with van der Waals surface area (Å²) in [5.74, 6) is 1.39. The van der Waals surface area contributed by atoms with Crippen LogP contribution in [-0.4, -0.2) is 26.0 Å². The molecule has 1 aromatic heterocycles. The van der Waals surface area contributed by atoms with Crippen LogP contribution in [0.5, 0.6) is 5.88 Å². The highest BCUT2D eigenvalue weighted by atomic mass is 28.4. The highest BCUT2D eigenvalue weighted by molar-refractivity contribution is 6.99. The first-order valence-corrected chi connectivity index (χ1v) is 14.6. The zero-order chi connectivity index (χ0) is 24.0. The second kappa shape index (κ2) is 10.9. The summed E-state index contributed by atoms with van der Waals surface area (Å²) in [6.45, 7) is 9.84. The second-order valence-electron chi connectivity index (χ2n) is 10.7. The van der Waals surface area contributed by atoms with Crippen molar-refractivity contribution in [2.75, 3.05) is 6.61 Å².